The summed E-state index contributed by atoms with van der Waals surface area (Å²) < 4.78 is 1.82. The normalized spacial score (nSPS) is 11.0. The molecule has 0 saturated carbocycles. The summed E-state index contributed by atoms with van der Waals surface area (Å²) in [5.41, 5.74) is 5.04. The Hall–Kier alpha value is -2.42. The van der Waals surface area contributed by atoms with E-state index >= 15 is 0 Å². The highest BCUT2D eigenvalue weighted by Crippen LogP contribution is 2.10. The molecule has 0 saturated heterocycles. The molecule has 0 unspecified atom stereocenters. The molecule has 0 aliphatic carbocycles. The number of aryl methyl sites for hydroxylation is 1. The third kappa shape index (κ3) is 7.16. The van der Waals surface area contributed by atoms with Crippen molar-refractivity contribution < 1.29 is 0 Å². The second kappa shape index (κ2) is 12.2. The predicted octanol–water partition coefficient (Wildman–Crippen LogP) is 3.76. The van der Waals surface area contributed by atoms with Crippen LogP contribution in [0.25, 0.3) is 0 Å². The Balaban J connectivity index is 0.00000300. The summed E-state index contributed by atoms with van der Waals surface area (Å²) in [6, 6.07) is 17.0. The van der Waals surface area contributed by atoms with E-state index in [1.54, 1.807) is 12.7 Å². The fraction of sp³-hybridized carbons (Fsp3) is 0.318. The molecular weight excluding hydrogens is 475 g/mol. The van der Waals surface area contributed by atoms with Gasteiger partial charge in [0, 0.05) is 13.1 Å². The predicted molar refractivity (Wildman–Crippen MR) is 128 cm³/mol. The summed E-state index contributed by atoms with van der Waals surface area (Å²) in [4.78, 5) is 8.74. The van der Waals surface area contributed by atoms with Gasteiger partial charge in [-0.05, 0) is 35.6 Å². The number of aromatic nitrogens is 3. The topological polar surface area (TPSA) is 67.1 Å². The molecule has 0 radical (unpaired) electrons. The molecule has 3 aromatic rings. The lowest BCUT2D eigenvalue weighted by molar-refractivity contribution is 0.684. The number of nitrogens with zero attached hydrogens (tertiary/aromatic N) is 4. The van der Waals surface area contributed by atoms with E-state index in [2.05, 4.69) is 83.1 Å². The minimum atomic E-state index is 0. The molecule has 2 aromatic carbocycles. The molecule has 6 nitrogen and oxygen atoms in total. The maximum absolute atomic E-state index is 4.75. The standard InChI is InChI=1S/C22H28N6.HI/c1-3-20-10-5-6-11-21(20)14-26-22(24-4-2)25-13-18-8-7-9-19(12-18)15-28-17-23-16-27-28;/h5-12,16-17H,3-4,13-15H2,1-2H3,(H2,24,25,26);1H. The van der Waals surface area contributed by atoms with Crippen molar-refractivity contribution in [2.24, 2.45) is 4.99 Å². The van der Waals surface area contributed by atoms with Crippen LogP contribution >= 0.6 is 24.0 Å². The average Bonchev–Trinajstić information content (AvgIpc) is 3.23. The molecule has 1 heterocycles. The summed E-state index contributed by atoms with van der Waals surface area (Å²) >= 11 is 0. The summed E-state index contributed by atoms with van der Waals surface area (Å²) in [5, 5.41) is 10.9. The zero-order chi connectivity index (χ0) is 19.6. The third-order valence-electron chi connectivity index (χ3n) is 4.51. The van der Waals surface area contributed by atoms with Crippen molar-refractivity contribution in [3.05, 3.63) is 83.4 Å². The molecule has 0 aliphatic heterocycles. The van der Waals surface area contributed by atoms with Crippen molar-refractivity contribution in [3.8, 4) is 0 Å². The van der Waals surface area contributed by atoms with Gasteiger partial charge in [-0.1, -0.05) is 55.5 Å². The summed E-state index contributed by atoms with van der Waals surface area (Å²) in [6.45, 7) is 7.19. The number of hydrogen-bond acceptors (Lipinski definition) is 3. The smallest absolute Gasteiger partial charge is 0.191 e. The van der Waals surface area contributed by atoms with Crippen LogP contribution in [0.1, 0.15) is 36.1 Å². The van der Waals surface area contributed by atoms with E-state index in [0.717, 1.165) is 25.5 Å². The van der Waals surface area contributed by atoms with Crippen molar-refractivity contribution in [3.63, 3.8) is 0 Å². The van der Waals surface area contributed by atoms with Crippen LogP contribution < -0.4 is 10.6 Å². The zero-order valence-electron chi connectivity index (χ0n) is 17.0. The third-order valence-corrected chi connectivity index (χ3v) is 4.51. The van der Waals surface area contributed by atoms with Crippen molar-refractivity contribution in [1.29, 1.82) is 0 Å². The van der Waals surface area contributed by atoms with Gasteiger partial charge in [0.05, 0.1) is 13.1 Å². The van der Waals surface area contributed by atoms with Crippen molar-refractivity contribution >= 4 is 29.9 Å². The fourth-order valence-electron chi connectivity index (χ4n) is 3.09. The highest BCUT2D eigenvalue weighted by atomic mass is 127. The SMILES string of the molecule is CCNC(=NCc1cccc(Cn2cncn2)c1)NCc1ccccc1CC.I. The highest BCUT2D eigenvalue weighted by Gasteiger charge is 2.03. The van der Waals surface area contributed by atoms with E-state index in [1.165, 1.54) is 22.3 Å². The Morgan fingerprint density at radius 1 is 1.00 bits per heavy atom. The maximum atomic E-state index is 4.75. The Morgan fingerprint density at radius 3 is 2.52 bits per heavy atom. The molecule has 1 aromatic heterocycles. The van der Waals surface area contributed by atoms with Gasteiger partial charge in [-0.25, -0.2) is 14.7 Å². The molecule has 0 aliphatic rings. The molecule has 0 bridgehead atoms. The minimum absolute atomic E-state index is 0. The van der Waals surface area contributed by atoms with Gasteiger partial charge in [0.1, 0.15) is 12.7 Å². The van der Waals surface area contributed by atoms with Gasteiger partial charge in [-0.3, -0.25) is 0 Å². The van der Waals surface area contributed by atoms with Crippen LogP contribution in [0.5, 0.6) is 0 Å². The molecule has 0 spiro atoms. The largest absolute Gasteiger partial charge is 0.357 e. The zero-order valence-corrected chi connectivity index (χ0v) is 19.3. The van der Waals surface area contributed by atoms with Crippen LogP contribution in [0.2, 0.25) is 0 Å². The minimum Gasteiger partial charge on any atom is -0.357 e. The molecule has 0 fully saturated rings. The van der Waals surface area contributed by atoms with Crippen LogP contribution in [0.3, 0.4) is 0 Å². The molecule has 0 atom stereocenters. The van der Waals surface area contributed by atoms with Crippen molar-refractivity contribution in [2.45, 2.75) is 39.9 Å². The molecular formula is C22H29IN6. The van der Waals surface area contributed by atoms with Crippen LogP contribution in [0.15, 0.2) is 66.2 Å². The molecule has 7 heteroatoms. The van der Waals surface area contributed by atoms with Crippen molar-refractivity contribution in [2.75, 3.05) is 6.54 Å². The number of benzene rings is 2. The first kappa shape index (κ1) is 22.9. The number of halogens is 1. The lowest BCUT2D eigenvalue weighted by Gasteiger charge is -2.13. The quantitative estimate of drug-likeness (QED) is 0.279. The lowest BCUT2D eigenvalue weighted by atomic mass is 10.1. The number of rotatable bonds is 8. The van der Waals surface area contributed by atoms with Gasteiger partial charge >= 0.3 is 0 Å². The number of guanidine groups is 1. The first-order chi connectivity index (χ1) is 13.8. The van der Waals surface area contributed by atoms with Gasteiger partial charge in [0.15, 0.2) is 5.96 Å². The Morgan fingerprint density at radius 2 is 1.79 bits per heavy atom. The van der Waals surface area contributed by atoms with Gasteiger partial charge < -0.3 is 10.6 Å². The Bertz CT molecular complexity index is 892. The molecule has 2 N–H and O–H groups in total. The second-order valence-electron chi connectivity index (χ2n) is 6.58. The second-order valence-corrected chi connectivity index (χ2v) is 6.58. The number of aliphatic imine (C=N–C) groups is 1. The summed E-state index contributed by atoms with van der Waals surface area (Å²) in [5.74, 6) is 0.829. The summed E-state index contributed by atoms with van der Waals surface area (Å²) in [7, 11) is 0. The Labute approximate surface area is 189 Å². The first-order valence-electron chi connectivity index (χ1n) is 9.77. The summed E-state index contributed by atoms with van der Waals surface area (Å²) in [6.07, 6.45) is 4.31. The van der Waals surface area contributed by atoms with Gasteiger partial charge in [-0.2, -0.15) is 5.10 Å². The Kier molecular flexibility index (Phi) is 9.63. The van der Waals surface area contributed by atoms with E-state index in [9.17, 15) is 0 Å². The lowest BCUT2D eigenvalue weighted by Crippen LogP contribution is -2.37. The van der Waals surface area contributed by atoms with Gasteiger partial charge in [0.25, 0.3) is 0 Å². The van der Waals surface area contributed by atoms with E-state index in [-0.39, 0.29) is 24.0 Å². The van der Waals surface area contributed by atoms with Crippen LogP contribution in [-0.4, -0.2) is 27.3 Å². The molecule has 0 amide bonds. The fourth-order valence-corrected chi connectivity index (χ4v) is 3.09. The van der Waals surface area contributed by atoms with Crippen LogP contribution in [0, 0.1) is 0 Å². The van der Waals surface area contributed by atoms with E-state index in [1.807, 2.05) is 4.68 Å². The van der Waals surface area contributed by atoms with Crippen LogP contribution in [0.4, 0.5) is 0 Å². The molecule has 29 heavy (non-hydrogen) atoms. The maximum Gasteiger partial charge on any atom is 0.191 e. The van der Waals surface area contributed by atoms with E-state index in [4.69, 9.17) is 4.99 Å². The van der Waals surface area contributed by atoms with E-state index in [0.29, 0.717) is 13.1 Å². The molecule has 154 valence electrons. The number of hydrogen-bond donors (Lipinski definition) is 2. The van der Waals surface area contributed by atoms with E-state index < -0.39 is 0 Å². The van der Waals surface area contributed by atoms with Gasteiger partial charge in [0.2, 0.25) is 0 Å². The number of nitrogens with one attached hydrogen (secondary N) is 2. The van der Waals surface area contributed by atoms with Crippen LogP contribution in [-0.2, 0) is 26.1 Å². The molecule has 3 rings (SSSR count). The first-order valence-corrected chi connectivity index (χ1v) is 9.77. The monoisotopic (exact) mass is 504 g/mol. The van der Waals surface area contributed by atoms with Gasteiger partial charge in [-0.15, -0.1) is 24.0 Å². The average molecular weight is 504 g/mol. The highest BCUT2D eigenvalue weighted by molar-refractivity contribution is 14.0. The van der Waals surface area contributed by atoms with Crippen molar-refractivity contribution in [1.82, 2.24) is 25.4 Å².